The number of halogens is 1. The SMILES string of the molecule is CCCCCc1ccc(C(=O)N(CCc2ccc(OC)c(OC)c2)Cc2ccc(Cl)cc2)cc1. The topological polar surface area (TPSA) is 38.8 Å². The molecule has 0 N–H and O–H groups in total. The second-order valence-corrected chi connectivity index (χ2v) is 8.88. The maximum atomic E-state index is 13.5. The smallest absolute Gasteiger partial charge is 0.254 e. The van der Waals surface area contributed by atoms with Crippen molar-refractivity contribution in [1.82, 2.24) is 4.90 Å². The highest BCUT2D eigenvalue weighted by Crippen LogP contribution is 2.28. The molecule has 0 fully saturated rings. The van der Waals surface area contributed by atoms with Crippen LogP contribution in [0.1, 0.15) is 53.2 Å². The molecule has 0 bridgehead atoms. The van der Waals surface area contributed by atoms with Crippen LogP contribution in [0, 0.1) is 0 Å². The van der Waals surface area contributed by atoms with Crippen molar-refractivity contribution < 1.29 is 14.3 Å². The average molecular weight is 480 g/mol. The van der Waals surface area contributed by atoms with Gasteiger partial charge in [0.2, 0.25) is 0 Å². The number of hydrogen-bond donors (Lipinski definition) is 0. The van der Waals surface area contributed by atoms with Crippen molar-refractivity contribution in [3.8, 4) is 11.5 Å². The van der Waals surface area contributed by atoms with Crippen LogP contribution in [0.15, 0.2) is 66.7 Å². The lowest BCUT2D eigenvalue weighted by atomic mass is 10.0. The molecule has 3 aromatic carbocycles. The number of benzene rings is 3. The molecule has 3 aromatic rings. The molecule has 3 rings (SSSR count). The highest BCUT2D eigenvalue weighted by molar-refractivity contribution is 6.30. The zero-order chi connectivity index (χ0) is 24.3. The summed E-state index contributed by atoms with van der Waals surface area (Å²) in [5.41, 5.74) is 4.11. The summed E-state index contributed by atoms with van der Waals surface area (Å²) >= 11 is 6.06. The second-order valence-electron chi connectivity index (χ2n) is 8.45. The molecule has 0 saturated heterocycles. The van der Waals surface area contributed by atoms with E-state index in [1.807, 2.05) is 59.5 Å². The number of ether oxygens (including phenoxy) is 2. The van der Waals surface area contributed by atoms with Gasteiger partial charge < -0.3 is 14.4 Å². The van der Waals surface area contributed by atoms with Gasteiger partial charge in [-0.1, -0.05) is 61.7 Å². The highest BCUT2D eigenvalue weighted by Gasteiger charge is 2.17. The molecule has 0 aromatic heterocycles. The first-order valence-corrected chi connectivity index (χ1v) is 12.3. The fourth-order valence-corrected chi connectivity index (χ4v) is 4.06. The van der Waals surface area contributed by atoms with E-state index >= 15 is 0 Å². The Morgan fingerprint density at radius 2 is 1.44 bits per heavy atom. The van der Waals surface area contributed by atoms with Gasteiger partial charge >= 0.3 is 0 Å². The predicted molar refractivity (Wildman–Crippen MR) is 139 cm³/mol. The lowest BCUT2D eigenvalue weighted by Crippen LogP contribution is -2.32. The maximum absolute atomic E-state index is 13.5. The second kappa shape index (κ2) is 13.0. The Labute approximate surface area is 208 Å². The van der Waals surface area contributed by atoms with Crippen LogP contribution in [-0.4, -0.2) is 31.6 Å². The van der Waals surface area contributed by atoms with E-state index in [4.69, 9.17) is 21.1 Å². The van der Waals surface area contributed by atoms with Crippen LogP contribution in [-0.2, 0) is 19.4 Å². The number of carbonyl (C=O) groups excluding carboxylic acids is 1. The molecule has 0 spiro atoms. The molecule has 0 atom stereocenters. The van der Waals surface area contributed by atoms with E-state index in [9.17, 15) is 4.79 Å². The summed E-state index contributed by atoms with van der Waals surface area (Å²) in [6.07, 6.45) is 5.37. The minimum absolute atomic E-state index is 0.0236. The third kappa shape index (κ3) is 7.26. The molecule has 0 aliphatic heterocycles. The summed E-state index contributed by atoms with van der Waals surface area (Å²) in [5.74, 6) is 1.41. The number of nitrogens with zero attached hydrogens (tertiary/aromatic N) is 1. The lowest BCUT2D eigenvalue weighted by Gasteiger charge is -2.23. The van der Waals surface area contributed by atoms with Crippen LogP contribution in [0.5, 0.6) is 11.5 Å². The van der Waals surface area contributed by atoms with Crippen LogP contribution in [0.4, 0.5) is 0 Å². The molecule has 34 heavy (non-hydrogen) atoms. The van der Waals surface area contributed by atoms with E-state index in [1.165, 1.54) is 24.8 Å². The summed E-state index contributed by atoms with van der Waals surface area (Å²) in [4.78, 5) is 15.4. The molecule has 0 aliphatic rings. The van der Waals surface area contributed by atoms with Gasteiger partial charge in [-0.3, -0.25) is 4.79 Å². The number of unbranched alkanes of at least 4 members (excludes halogenated alkanes) is 2. The average Bonchev–Trinajstić information content (AvgIpc) is 2.87. The van der Waals surface area contributed by atoms with Crippen molar-refractivity contribution in [2.45, 2.75) is 45.6 Å². The Hall–Kier alpha value is -2.98. The molecule has 5 heteroatoms. The number of amides is 1. The van der Waals surface area contributed by atoms with Gasteiger partial charge in [-0.05, 0) is 72.4 Å². The standard InChI is InChI=1S/C29H34ClNO3/c1-4-5-6-7-22-8-13-25(14-9-22)29(32)31(21-24-10-15-26(30)16-11-24)19-18-23-12-17-27(33-2)28(20-23)34-3/h8-17,20H,4-7,18-19,21H2,1-3H3. The van der Waals surface area contributed by atoms with E-state index < -0.39 is 0 Å². The van der Waals surface area contributed by atoms with Crippen molar-refractivity contribution in [3.63, 3.8) is 0 Å². The van der Waals surface area contributed by atoms with Gasteiger partial charge in [0.05, 0.1) is 14.2 Å². The zero-order valence-electron chi connectivity index (χ0n) is 20.4. The first-order chi connectivity index (χ1) is 16.5. The molecule has 0 aliphatic carbocycles. The van der Waals surface area contributed by atoms with Crippen molar-refractivity contribution in [2.24, 2.45) is 0 Å². The van der Waals surface area contributed by atoms with Crippen LogP contribution in [0.25, 0.3) is 0 Å². The molecular formula is C29H34ClNO3. The lowest BCUT2D eigenvalue weighted by molar-refractivity contribution is 0.0745. The largest absolute Gasteiger partial charge is 0.493 e. The quantitative estimate of drug-likeness (QED) is 0.263. The van der Waals surface area contributed by atoms with E-state index in [1.54, 1.807) is 14.2 Å². The van der Waals surface area contributed by atoms with Crippen LogP contribution >= 0.6 is 11.6 Å². The normalized spacial score (nSPS) is 10.7. The fourth-order valence-electron chi connectivity index (χ4n) is 3.94. The summed E-state index contributed by atoms with van der Waals surface area (Å²) in [7, 11) is 3.25. The Morgan fingerprint density at radius 3 is 2.09 bits per heavy atom. The monoisotopic (exact) mass is 479 g/mol. The van der Waals surface area contributed by atoms with E-state index in [2.05, 4.69) is 19.1 Å². The van der Waals surface area contributed by atoms with E-state index in [0.29, 0.717) is 41.6 Å². The Bertz CT molecular complexity index is 1050. The van der Waals surface area contributed by atoms with Crippen LogP contribution in [0.2, 0.25) is 5.02 Å². The molecule has 0 saturated carbocycles. The summed E-state index contributed by atoms with van der Waals surface area (Å²) in [5, 5.41) is 0.686. The van der Waals surface area contributed by atoms with Crippen molar-refractivity contribution in [1.29, 1.82) is 0 Å². The molecule has 0 unspecified atom stereocenters. The Morgan fingerprint density at radius 1 is 0.794 bits per heavy atom. The van der Waals surface area contributed by atoms with Gasteiger partial charge in [-0.25, -0.2) is 0 Å². The third-order valence-electron chi connectivity index (χ3n) is 5.96. The van der Waals surface area contributed by atoms with Gasteiger partial charge in [0, 0.05) is 23.7 Å². The van der Waals surface area contributed by atoms with Crippen LogP contribution < -0.4 is 9.47 Å². The first kappa shape index (κ1) is 25.6. The summed E-state index contributed by atoms with van der Waals surface area (Å²) in [6.45, 7) is 3.30. The van der Waals surface area contributed by atoms with Gasteiger partial charge in [0.15, 0.2) is 11.5 Å². The van der Waals surface area contributed by atoms with Gasteiger partial charge in [0.25, 0.3) is 5.91 Å². The Kier molecular flexibility index (Phi) is 9.84. The van der Waals surface area contributed by atoms with Gasteiger partial charge in [-0.2, -0.15) is 0 Å². The molecule has 0 radical (unpaired) electrons. The number of carbonyl (C=O) groups is 1. The zero-order valence-corrected chi connectivity index (χ0v) is 21.1. The first-order valence-electron chi connectivity index (χ1n) is 11.9. The predicted octanol–water partition coefficient (Wildman–Crippen LogP) is 6.98. The third-order valence-corrected chi connectivity index (χ3v) is 6.21. The molecule has 180 valence electrons. The summed E-state index contributed by atoms with van der Waals surface area (Å²) in [6, 6.07) is 21.6. The van der Waals surface area contributed by atoms with Gasteiger partial charge in [-0.15, -0.1) is 0 Å². The van der Waals surface area contributed by atoms with E-state index in [-0.39, 0.29) is 5.91 Å². The number of methoxy groups -OCH3 is 2. The van der Waals surface area contributed by atoms with Crippen molar-refractivity contribution in [2.75, 3.05) is 20.8 Å². The van der Waals surface area contributed by atoms with Crippen molar-refractivity contribution >= 4 is 17.5 Å². The molecule has 4 nitrogen and oxygen atoms in total. The number of aryl methyl sites for hydroxylation is 1. The number of rotatable bonds is 12. The Balaban J connectivity index is 1.76. The summed E-state index contributed by atoms with van der Waals surface area (Å²) < 4.78 is 10.8. The minimum atomic E-state index is 0.0236. The molecular weight excluding hydrogens is 446 g/mol. The highest BCUT2D eigenvalue weighted by atomic mass is 35.5. The van der Waals surface area contributed by atoms with Gasteiger partial charge in [0.1, 0.15) is 0 Å². The number of hydrogen-bond acceptors (Lipinski definition) is 3. The minimum Gasteiger partial charge on any atom is -0.493 e. The molecule has 0 heterocycles. The fraction of sp³-hybridized carbons (Fsp3) is 0.345. The molecule has 1 amide bonds. The van der Waals surface area contributed by atoms with E-state index in [0.717, 1.165) is 17.5 Å². The maximum Gasteiger partial charge on any atom is 0.254 e. The van der Waals surface area contributed by atoms with Crippen molar-refractivity contribution in [3.05, 3.63) is 94.0 Å². The van der Waals surface area contributed by atoms with Crippen LogP contribution in [0.3, 0.4) is 0 Å².